The largest absolute Gasteiger partial charge is 0.472 e. The summed E-state index contributed by atoms with van der Waals surface area (Å²) in [6.45, 7) is 3.10. The van der Waals surface area contributed by atoms with Gasteiger partial charge in [-0.05, 0) is 43.2 Å². The van der Waals surface area contributed by atoms with Crippen LogP contribution in [-0.4, -0.2) is 80.5 Å². The molecule has 4 rings (SSSR count). The van der Waals surface area contributed by atoms with Gasteiger partial charge in [0, 0.05) is 6.61 Å². The Morgan fingerprint density at radius 1 is 1.00 bits per heavy atom. The van der Waals surface area contributed by atoms with Gasteiger partial charge in [0.05, 0.1) is 49.3 Å². The van der Waals surface area contributed by atoms with E-state index in [-0.39, 0.29) is 37.9 Å². The van der Waals surface area contributed by atoms with Gasteiger partial charge in [-0.3, -0.25) is 9.05 Å². The van der Waals surface area contributed by atoms with E-state index in [4.69, 9.17) is 40.6 Å². The molecule has 1 saturated heterocycles. The number of nitriles is 1. The summed E-state index contributed by atoms with van der Waals surface area (Å²) in [4.78, 5) is 14.6. The number of phosphoric ester groups is 1. The van der Waals surface area contributed by atoms with Crippen molar-refractivity contribution in [1.82, 2.24) is 14.6 Å². The predicted molar refractivity (Wildman–Crippen MR) is 218 cm³/mol. The number of rotatable bonds is 29. The first-order valence-corrected chi connectivity index (χ1v) is 22.4. The highest BCUT2D eigenvalue weighted by atomic mass is 35.5. The molecule has 5 atom stereocenters. The van der Waals surface area contributed by atoms with Gasteiger partial charge in [-0.2, -0.15) is 10.4 Å². The second kappa shape index (κ2) is 23.8. The maximum absolute atomic E-state index is 13.1. The molecule has 1 fully saturated rings. The minimum atomic E-state index is -4.72. The number of nitrogen functional groups attached to an aromatic ring is 1. The molecule has 16 heteroatoms. The zero-order chi connectivity index (χ0) is 41.2. The molecule has 57 heavy (non-hydrogen) atoms. The number of anilines is 1. The number of halogens is 1. The van der Waals surface area contributed by atoms with Gasteiger partial charge in [-0.15, -0.1) is 0 Å². The number of nitrogens with two attached hydrogens (primary N) is 1. The lowest BCUT2D eigenvalue weighted by atomic mass is 9.86. The van der Waals surface area contributed by atoms with Gasteiger partial charge in [-0.25, -0.2) is 14.1 Å². The van der Waals surface area contributed by atoms with Crippen molar-refractivity contribution in [3.05, 3.63) is 58.5 Å². The number of hydrogen-bond acceptors (Lipinski definition) is 12. The van der Waals surface area contributed by atoms with Crippen LogP contribution in [0.3, 0.4) is 0 Å². The number of hydrogen-bond donors (Lipinski definition) is 4. The molecule has 0 saturated carbocycles. The van der Waals surface area contributed by atoms with Crippen LogP contribution in [0.4, 0.5) is 5.82 Å². The van der Waals surface area contributed by atoms with E-state index in [1.807, 2.05) is 6.07 Å². The average molecular weight is 836 g/mol. The fraction of sp³-hybridized carbons (Fsp3) is 0.683. The molecule has 1 aliphatic rings. The highest BCUT2D eigenvalue weighted by Gasteiger charge is 2.58. The molecule has 2 aromatic heterocycles. The van der Waals surface area contributed by atoms with E-state index in [1.165, 1.54) is 101 Å². The highest BCUT2D eigenvalue weighted by molar-refractivity contribution is 7.47. The molecule has 318 valence electrons. The fourth-order valence-electron chi connectivity index (χ4n) is 7.04. The topological polar surface area (TPSA) is 204 Å². The lowest BCUT2D eigenvalue weighted by molar-refractivity contribution is -0.101. The Labute approximate surface area is 342 Å². The van der Waals surface area contributed by atoms with Crippen molar-refractivity contribution in [3.63, 3.8) is 0 Å². The number of benzene rings is 1. The average Bonchev–Trinajstić information content (AvgIpc) is 3.74. The molecule has 14 nitrogen and oxygen atoms in total. The maximum Gasteiger partial charge on any atom is 0.472 e. The van der Waals surface area contributed by atoms with E-state index in [1.54, 1.807) is 30.3 Å². The number of aromatic nitrogens is 3. The molecule has 0 amide bonds. The third-order valence-corrected chi connectivity index (χ3v) is 11.8. The van der Waals surface area contributed by atoms with Crippen LogP contribution < -0.4 is 5.73 Å². The van der Waals surface area contributed by atoms with E-state index in [0.29, 0.717) is 28.3 Å². The molecule has 0 radical (unpaired) electrons. The van der Waals surface area contributed by atoms with Crippen LogP contribution in [0.1, 0.15) is 133 Å². The number of phosphoric acid groups is 1. The quantitative estimate of drug-likeness (QED) is 0.0385. The Kier molecular flexibility index (Phi) is 19.6. The number of ether oxygens (including phenoxy) is 3. The standard InChI is InChI=1S/C41H63ClN5O9P/c1-3-4-5-6-7-8-9-10-11-12-13-14-15-16-17-18-23-52-27-34(53-26-32-19-20-33(25-43)35(42)24-32)28-55-57(50,51)56-29-40(2)39(48)41(49,30-54-40)37-22-21-36-38(44)45-31-46-47(36)37/h19-22,24,31,34,39,48-49H,3-18,23,26-30H2,1-2H3,(H,50,51)(H2,44,45,46)/t34-,39-,40-,41+/m1/s1. The van der Waals surface area contributed by atoms with Crippen molar-refractivity contribution in [3.8, 4) is 6.07 Å². The molecule has 3 heterocycles. The van der Waals surface area contributed by atoms with Crippen LogP contribution >= 0.6 is 19.4 Å². The van der Waals surface area contributed by atoms with Crippen LogP contribution in [0.25, 0.3) is 5.52 Å². The molecule has 0 bridgehead atoms. The minimum absolute atomic E-state index is 0.0835. The first-order valence-electron chi connectivity index (χ1n) is 20.6. The van der Waals surface area contributed by atoms with E-state index in [9.17, 15) is 24.9 Å². The van der Waals surface area contributed by atoms with Crippen LogP contribution in [0.2, 0.25) is 5.02 Å². The predicted octanol–water partition coefficient (Wildman–Crippen LogP) is 8.17. The van der Waals surface area contributed by atoms with Crippen LogP contribution in [0.15, 0.2) is 36.7 Å². The van der Waals surface area contributed by atoms with Crippen LogP contribution in [-0.2, 0) is 40.0 Å². The first-order chi connectivity index (χ1) is 27.4. The van der Waals surface area contributed by atoms with E-state index >= 15 is 0 Å². The third-order valence-electron chi connectivity index (χ3n) is 10.6. The molecule has 1 aromatic carbocycles. The second-order valence-electron chi connectivity index (χ2n) is 15.4. The van der Waals surface area contributed by atoms with Crippen molar-refractivity contribution in [2.75, 3.05) is 38.8 Å². The Bertz CT molecular complexity index is 1740. The van der Waals surface area contributed by atoms with Crippen molar-refractivity contribution in [1.29, 1.82) is 5.26 Å². The zero-order valence-electron chi connectivity index (χ0n) is 33.7. The lowest BCUT2D eigenvalue weighted by Crippen LogP contribution is -2.49. The van der Waals surface area contributed by atoms with Gasteiger partial charge in [0.2, 0.25) is 0 Å². The number of unbranched alkanes of at least 4 members (excludes halogenated alkanes) is 15. The van der Waals surface area contributed by atoms with Gasteiger partial charge in [-0.1, -0.05) is 121 Å². The summed E-state index contributed by atoms with van der Waals surface area (Å²) in [5.41, 5.74) is 4.06. The Morgan fingerprint density at radius 2 is 1.63 bits per heavy atom. The smallest absolute Gasteiger partial charge is 0.386 e. The lowest BCUT2D eigenvalue weighted by Gasteiger charge is -2.32. The molecule has 1 unspecified atom stereocenters. The zero-order valence-corrected chi connectivity index (χ0v) is 35.3. The summed E-state index contributed by atoms with van der Waals surface area (Å²) >= 11 is 6.20. The highest BCUT2D eigenvalue weighted by Crippen LogP contribution is 2.47. The summed E-state index contributed by atoms with van der Waals surface area (Å²) in [5, 5.41) is 36.4. The number of aliphatic hydroxyl groups is 2. The van der Waals surface area contributed by atoms with Crippen molar-refractivity contribution in [2.45, 2.75) is 147 Å². The maximum atomic E-state index is 13.1. The summed E-state index contributed by atoms with van der Waals surface area (Å²) in [5.74, 6) is 0.186. The molecular weight excluding hydrogens is 773 g/mol. The fourth-order valence-corrected chi connectivity index (χ4v) is 8.14. The van der Waals surface area contributed by atoms with Gasteiger partial charge in [0.1, 0.15) is 35.7 Å². The number of fused-ring (bicyclic) bond motifs is 1. The Hall–Kier alpha value is -2.67. The van der Waals surface area contributed by atoms with Crippen LogP contribution in [0, 0.1) is 11.3 Å². The van der Waals surface area contributed by atoms with Gasteiger partial charge >= 0.3 is 7.82 Å². The van der Waals surface area contributed by atoms with Crippen molar-refractivity contribution < 1.29 is 42.9 Å². The first kappa shape index (κ1) is 47.0. The normalized spacial score (nSPS) is 21.2. The summed E-state index contributed by atoms with van der Waals surface area (Å²) < 4.78 is 42.8. The van der Waals surface area contributed by atoms with Gasteiger partial charge < -0.3 is 35.1 Å². The molecule has 0 spiro atoms. The molecule has 0 aliphatic carbocycles. The third kappa shape index (κ3) is 14.5. The molecule has 5 N–H and O–H groups in total. The Balaban J connectivity index is 1.18. The summed E-state index contributed by atoms with van der Waals surface area (Å²) in [6.07, 6.45) is 19.3. The number of nitrogens with zero attached hydrogens (tertiary/aromatic N) is 4. The summed E-state index contributed by atoms with van der Waals surface area (Å²) in [7, 11) is -4.72. The minimum Gasteiger partial charge on any atom is -0.386 e. The monoisotopic (exact) mass is 835 g/mol. The molecular formula is C41H63ClN5O9P. The Morgan fingerprint density at radius 3 is 2.25 bits per heavy atom. The van der Waals surface area contributed by atoms with Crippen LogP contribution in [0.5, 0.6) is 0 Å². The molecule has 3 aromatic rings. The van der Waals surface area contributed by atoms with Crippen molar-refractivity contribution in [2.24, 2.45) is 0 Å². The van der Waals surface area contributed by atoms with E-state index in [2.05, 4.69) is 17.0 Å². The van der Waals surface area contributed by atoms with Crippen molar-refractivity contribution >= 4 is 30.8 Å². The van der Waals surface area contributed by atoms with Gasteiger partial charge in [0.25, 0.3) is 0 Å². The number of aliphatic hydroxyl groups excluding tert-OH is 1. The summed E-state index contributed by atoms with van der Waals surface area (Å²) in [6, 6.07) is 10.1. The van der Waals surface area contributed by atoms with E-state index < -0.39 is 37.8 Å². The van der Waals surface area contributed by atoms with E-state index in [0.717, 1.165) is 19.3 Å². The SMILES string of the molecule is CCCCCCCCCCCCCCCCCCOC[C@H](COP(=O)(O)OC[C@@]1(C)OC[C@](O)(c2ccc3c(N)ncnn23)[C@@H]1O)OCc1ccc(C#N)c(Cl)c1. The molecule has 1 aliphatic heterocycles. The van der Waals surface area contributed by atoms with Gasteiger partial charge in [0.15, 0.2) is 11.4 Å². The second-order valence-corrected chi connectivity index (χ2v) is 17.2.